The first kappa shape index (κ1) is 14.7. The van der Waals surface area contributed by atoms with E-state index in [1.807, 2.05) is 0 Å². The van der Waals surface area contributed by atoms with Crippen LogP contribution in [0.25, 0.3) is 0 Å². The van der Waals surface area contributed by atoms with Crippen LogP contribution in [0.1, 0.15) is 38.7 Å². The minimum absolute atomic E-state index is 0.0993. The Hall–Kier alpha value is -1.91. The van der Waals surface area contributed by atoms with Crippen LogP contribution in [0.15, 0.2) is 18.2 Å². The molecular formula is C18H25N3O2. The van der Waals surface area contributed by atoms with Crippen molar-refractivity contribution in [3.63, 3.8) is 0 Å². The van der Waals surface area contributed by atoms with Gasteiger partial charge in [0.2, 0.25) is 0 Å². The molecule has 23 heavy (non-hydrogen) atoms. The van der Waals surface area contributed by atoms with Crippen LogP contribution in [0.3, 0.4) is 0 Å². The Morgan fingerprint density at radius 3 is 2.70 bits per heavy atom. The van der Waals surface area contributed by atoms with E-state index >= 15 is 0 Å². The molecule has 1 aromatic rings. The number of carbonyl (C=O) groups is 1. The summed E-state index contributed by atoms with van der Waals surface area (Å²) in [5, 5.41) is 9.35. The van der Waals surface area contributed by atoms with Crippen LogP contribution in [0.2, 0.25) is 0 Å². The predicted octanol–water partition coefficient (Wildman–Crippen LogP) is 2.96. The van der Waals surface area contributed by atoms with Crippen LogP contribution in [0.4, 0.5) is 16.2 Å². The number of hydrogen-bond donors (Lipinski definition) is 1. The van der Waals surface area contributed by atoms with E-state index in [0.717, 1.165) is 19.5 Å². The van der Waals surface area contributed by atoms with Gasteiger partial charge in [-0.2, -0.15) is 0 Å². The summed E-state index contributed by atoms with van der Waals surface area (Å²) in [6, 6.07) is 7.03. The molecule has 3 heterocycles. The standard InChI is InChI=1S/C18H25N3O2/c1-18(2,3)21-10-9-20-14-7-8-19(17(22)23)11-13(14)12-5-4-6-15(21)16(12)20/h4-6,13-14H,7-11H2,1-3H3,(H,22,23). The quantitative estimate of drug-likeness (QED) is 0.799. The van der Waals surface area contributed by atoms with Crippen molar-refractivity contribution in [3.8, 4) is 0 Å². The van der Waals surface area contributed by atoms with E-state index < -0.39 is 6.09 Å². The highest BCUT2D eigenvalue weighted by molar-refractivity contribution is 5.82. The van der Waals surface area contributed by atoms with Crippen molar-refractivity contribution in [2.45, 2.75) is 44.7 Å². The molecule has 2 atom stereocenters. The molecule has 2 unspecified atom stereocenters. The van der Waals surface area contributed by atoms with E-state index in [-0.39, 0.29) is 5.54 Å². The zero-order chi connectivity index (χ0) is 16.4. The maximum absolute atomic E-state index is 11.4. The van der Waals surface area contributed by atoms with Crippen molar-refractivity contribution in [2.24, 2.45) is 0 Å². The number of hydrogen-bond acceptors (Lipinski definition) is 3. The molecule has 0 radical (unpaired) electrons. The molecule has 124 valence electrons. The van der Waals surface area contributed by atoms with Crippen LogP contribution in [0, 0.1) is 0 Å². The Balaban J connectivity index is 1.77. The normalized spacial score (nSPS) is 26.1. The van der Waals surface area contributed by atoms with Gasteiger partial charge < -0.3 is 19.8 Å². The average molecular weight is 315 g/mol. The summed E-state index contributed by atoms with van der Waals surface area (Å²) in [5.74, 6) is 0.315. The number of piperidine rings is 1. The lowest BCUT2D eigenvalue weighted by molar-refractivity contribution is 0.127. The van der Waals surface area contributed by atoms with Crippen molar-refractivity contribution < 1.29 is 9.90 Å². The highest BCUT2D eigenvalue weighted by Crippen LogP contribution is 2.51. The van der Waals surface area contributed by atoms with Crippen LogP contribution in [-0.4, -0.2) is 53.9 Å². The third-order valence-corrected chi connectivity index (χ3v) is 5.64. The summed E-state index contributed by atoms with van der Waals surface area (Å²) in [5.41, 5.74) is 4.11. The molecule has 0 saturated carbocycles. The number of nitrogens with zero attached hydrogens (tertiary/aromatic N) is 3. The molecule has 1 saturated heterocycles. The van der Waals surface area contributed by atoms with Gasteiger partial charge in [-0.1, -0.05) is 12.1 Å². The fourth-order valence-electron chi connectivity index (χ4n) is 4.64. The van der Waals surface area contributed by atoms with E-state index in [1.54, 1.807) is 4.90 Å². The lowest BCUT2D eigenvalue weighted by atomic mass is 9.89. The molecule has 0 aromatic heterocycles. The predicted molar refractivity (Wildman–Crippen MR) is 91.6 cm³/mol. The SMILES string of the molecule is CC(C)(C)N1CCN2c3c(cccc31)C1CN(C(=O)O)CCC12. The van der Waals surface area contributed by atoms with Gasteiger partial charge in [-0.05, 0) is 38.8 Å². The molecule has 0 bridgehead atoms. The maximum Gasteiger partial charge on any atom is 0.407 e. The van der Waals surface area contributed by atoms with Gasteiger partial charge in [-0.25, -0.2) is 4.79 Å². The van der Waals surface area contributed by atoms with Gasteiger partial charge in [0.15, 0.2) is 0 Å². The van der Waals surface area contributed by atoms with Crippen molar-refractivity contribution in [1.29, 1.82) is 0 Å². The molecule has 3 aliphatic rings. The van der Waals surface area contributed by atoms with Crippen LogP contribution < -0.4 is 9.80 Å². The zero-order valence-corrected chi connectivity index (χ0v) is 14.1. The fourth-order valence-corrected chi connectivity index (χ4v) is 4.64. The number of amides is 1. The lowest BCUT2D eigenvalue weighted by Gasteiger charge is -2.46. The zero-order valence-electron chi connectivity index (χ0n) is 14.1. The van der Waals surface area contributed by atoms with Crippen molar-refractivity contribution in [3.05, 3.63) is 23.8 Å². The Kier molecular flexibility index (Phi) is 3.06. The van der Waals surface area contributed by atoms with Gasteiger partial charge in [0.25, 0.3) is 0 Å². The van der Waals surface area contributed by atoms with Crippen LogP contribution in [0.5, 0.6) is 0 Å². The van der Waals surface area contributed by atoms with Gasteiger partial charge >= 0.3 is 6.09 Å². The molecular weight excluding hydrogens is 290 g/mol. The molecule has 1 amide bonds. The number of anilines is 2. The number of fused-ring (bicyclic) bond motifs is 3. The number of para-hydroxylation sites is 1. The number of likely N-dealkylation sites (tertiary alicyclic amines) is 1. The minimum Gasteiger partial charge on any atom is -0.465 e. The van der Waals surface area contributed by atoms with Crippen LogP contribution in [-0.2, 0) is 0 Å². The number of carboxylic acid groups (broad SMARTS) is 1. The molecule has 3 aliphatic heterocycles. The highest BCUT2D eigenvalue weighted by Gasteiger charge is 2.46. The van der Waals surface area contributed by atoms with E-state index in [4.69, 9.17) is 0 Å². The van der Waals surface area contributed by atoms with E-state index in [2.05, 4.69) is 48.8 Å². The smallest absolute Gasteiger partial charge is 0.407 e. The number of rotatable bonds is 0. The lowest BCUT2D eigenvalue weighted by Crippen LogP contribution is -2.53. The van der Waals surface area contributed by atoms with Gasteiger partial charge in [0.05, 0.1) is 11.4 Å². The summed E-state index contributed by atoms with van der Waals surface area (Å²) in [6.45, 7) is 10.1. The second-order valence-corrected chi connectivity index (χ2v) is 7.92. The Labute approximate surface area is 137 Å². The molecule has 0 spiro atoms. The Morgan fingerprint density at radius 2 is 2.00 bits per heavy atom. The molecule has 1 N–H and O–H groups in total. The first-order chi connectivity index (χ1) is 10.9. The first-order valence-corrected chi connectivity index (χ1v) is 8.53. The second-order valence-electron chi connectivity index (χ2n) is 7.92. The highest BCUT2D eigenvalue weighted by atomic mass is 16.4. The molecule has 4 rings (SSSR count). The summed E-state index contributed by atoms with van der Waals surface area (Å²) in [6.07, 6.45) is 0.145. The fraction of sp³-hybridized carbons (Fsp3) is 0.611. The van der Waals surface area contributed by atoms with Gasteiger partial charge in [-0.3, -0.25) is 0 Å². The summed E-state index contributed by atoms with van der Waals surface area (Å²) >= 11 is 0. The third kappa shape index (κ3) is 2.09. The van der Waals surface area contributed by atoms with Crippen molar-refractivity contribution >= 4 is 17.5 Å². The Bertz CT molecular complexity index is 652. The average Bonchev–Trinajstić information content (AvgIpc) is 2.82. The van der Waals surface area contributed by atoms with Crippen molar-refractivity contribution in [2.75, 3.05) is 36.0 Å². The summed E-state index contributed by atoms with van der Waals surface area (Å²) < 4.78 is 0. The van der Waals surface area contributed by atoms with Gasteiger partial charge in [0, 0.05) is 43.7 Å². The third-order valence-electron chi connectivity index (χ3n) is 5.64. The second kappa shape index (κ2) is 4.79. The summed E-state index contributed by atoms with van der Waals surface area (Å²) in [7, 11) is 0. The first-order valence-electron chi connectivity index (χ1n) is 8.53. The molecule has 1 aromatic carbocycles. The van der Waals surface area contributed by atoms with Gasteiger partial charge in [0.1, 0.15) is 0 Å². The van der Waals surface area contributed by atoms with E-state index in [0.29, 0.717) is 25.0 Å². The number of benzene rings is 1. The minimum atomic E-state index is -0.786. The molecule has 5 heteroatoms. The van der Waals surface area contributed by atoms with E-state index in [1.165, 1.54) is 16.9 Å². The summed E-state index contributed by atoms with van der Waals surface area (Å²) in [4.78, 5) is 18.0. The molecule has 0 aliphatic carbocycles. The van der Waals surface area contributed by atoms with Gasteiger partial charge in [-0.15, -0.1) is 0 Å². The topological polar surface area (TPSA) is 47.0 Å². The van der Waals surface area contributed by atoms with E-state index in [9.17, 15) is 9.90 Å². The van der Waals surface area contributed by atoms with Crippen LogP contribution >= 0.6 is 0 Å². The molecule has 5 nitrogen and oxygen atoms in total. The Morgan fingerprint density at radius 1 is 1.22 bits per heavy atom. The van der Waals surface area contributed by atoms with Crippen molar-refractivity contribution in [1.82, 2.24) is 4.90 Å². The largest absolute Gasteiger partial charge is 0.465 e. The maximum atomic E-state index is 11.4. The molecule has 1 fully saturated rings. The monoisotopic (exact) mass is 315 g/mol.